The number of hydrogen-bond donors (Lipinski definition) is 1. The first-order chi connectivity index (χ1) is 9.83. The average molecular weight is 273 g/mol. The zero-order chi connectivity index (χ0) is 13.8. The fourth-order valence-electron chi connectivity index (χ4n) is 1.57. The van der Waals surface area contributed by atoms with Gasteiger partial charge in [-0.2, -0.15) is 4.98 Å². The summed E-state index contributed by atoms with van der Waals surface area (Å²) in [6.45, 7) is 0.440. The summed E-state index contributed by atoms with van der Waals surface area (Å²) in [6.07, 6.45) is 0.504. The summed E-state index contributed by atoms with van der Waals surface area (Å²) in [5.41, 5.74) is 5.78. The van der Waals surface area contributed by atoms with E-state index in [9.17, 15) is 0 Å². The van der Waals surface area contributed by atoms with Crippen LogP contribution in [0.5, 0.6) is 5.75 Å². The molecule has 2 N–H and O–H groups in total. The van der Waals surface area contributed by atoms with Crippen molar-refractivity contribution < 1.29 is 13.9 Å². The molecule has 0 fully saturated rings. The third-order valence-corrected chi connectivity index (χ3v) is 2.52. The van der Waals surface area contributed by atoms with Crippen LogP contribution in [-0.2, 0) is 6.42 Å². The number of ether oxygens (including phenoxy) is 1. The molecule has 0 aliphatic rings. The Morgan fingerprint density at radius 1 is 1.10 bits per heavy atom. The van der Waals surface area contributed by atoms with Crippen LogP contribution >= 0.6 is 0 Å². The maximum absolute atomic E-state index is 5.54. The molecule has 0 saturated heterocycles. The summed E-state index contributed by atoms with van der Waals surface area (Å²) in [4.78, 5) is 4.14. The molecule has 3 rings (SSSR count). The second kappa shape index (κ2) is 5.39. The Morgan fingerprint density at radius 2 is 1.95 bits per heavy atom. The first kappa shape index (κ1) is 12.2. The third kappa shape index (κ3) is 2.58. The lowest BCUT2D eigenvalue weighted by molar-refractivity contribution is 0.307. The molecule has 0 radical (unpaired) electrons. The van der Waals surface area contributed by atoms with E-state index in [1.54, 1.807) is 0 Å². The highest BCUT2D eigenvalue weighted by Crippen LogP contribution is 2.19. The van der Waals surface area contributed by atoms with E-state index in [4.69, 9.17) is 15.0 Å². The number of para-hydroxylation sites is 1. The molecule has 0 amide bonds. The minimum absolute atomic E-state index is 0.112. The van der Waals surface area contributed by atoms with Gasteiger partial charge in [-0.3, -0.25) is 0 Å². The largest absolute Gasteiger partial charge is 0.493 e. The molecule has 102 valence electrons. The van der Waals surface area contributed by atoms with Gasteiger partial charge in [-0.1, -0.05) is 23.4 Å². The number of nitrogens with two attached hydrogens (primary N) is 1. The Labute approximate surface area is 113 Å². The lowest BCUT2D eigenvalue weighted by Crippen LogP contribution is -2.02. The molecular formula is C12H11N5O3. The van der Waals surface area contributed by atoms with Crippen molar-refractivity contribution in [1.29, 1.82) is 0 Å². The summed E-state index contributed by atoms with van der Waals surface area (Å²) < 4.78 is 15.0. The molecular weight excluding hydrogens is 262 g/mol. The van der Waals surface area contributed by atoms with Crippen molar-refractivity contribution in [2.45, 2.75) is 6.42 Å². The van der Waals surface area contributed by atoms with Crippen LogP contribution in [0.2, 0.25) is 0 Å². The lowest BCUT2D eigenvalue weighted by atomic mass is 10.3. The predicted molar refractivity (Wildman–Crippen MR) is 67.6 cm³/mol. The zero-order valence-electron chi connectivity index (χ0n) is 10.4. The number of aromatic nitrogens is 4. The normalized spacial score (nSPS) is 10.6. The molecule has 0 aliphatic carbocycles. The van der Waals surface area contributed by atoms with Crippen LogP contribution in [0, 0.1) is 0 Å². The molecule has 20 heavy (non-hydrogen) atoms. The smallest absolute Gasteiger partial charge is 0.284 e. The Balaban J connectivity index is 1.59. The van der Waals surface area contributed by atoms with E-state index in [1.807, 2.05) is 30.3 Å². The molecule has 0 aliphatic heterocycles. The minimum atomic E-state index is 0.112. The van der Waals surface area contributed by atoms with Gasteiger partial charge in [-0.05, 0) is 22.4 Å². The number of hydrogen-bond acceptors (Lipinski definition) is 8. The number of benzene rings is 1. The molecule has 0 saturated carbocycles. The molecule has 8 nitrogen and oxygen atoms in total. The summed E-state index contributed by atoms with van der Waals surface area (Å²) >= 11 is 0. The fourth-order valence-corrected chi connectivity index (χ4v) is 1.57. The van der Waals surface area contributed by atoms with Gasteiger partial charge in [-0.15, -0.1) is 0 Å². The van der Waals surface area contributed by atoms with Gasteiger partial charge in [0.25, 0.3) is 5.89 Å². The molecule has 0 bridgehead atoms. The van der Waals surface area contributed by atoms with Crippen molar-refractivity contribution in [3.63, 3.8) is 0 Å². The van der Waals surface area contributed by atoms with Gasteiger partial charge in [0.1, 0.15) is 5.75 Å². The van der Waals surface area contributed by atoms with Crippen molar-refractivity contribution in [2.24, 2.45) is 0 Å². The highest BCUT2D eigenvalue weighted by molar-refractivity contribution is 5.60. The maximum Gasteiger partial charge on any atom is 0.284 e. The molecule has 2 heterocycles. The Kier molecular flexibility index (Phi) is 3.27. The molecule has 0 atom stereocenters. The number of rotatable bonds is 5. The van der Waals surface area contributed by atoms with Crippen LogP contribution in [0.1, 0.15) is 5.82 Å². The predicted octanol–water partition coefficient (Wildman–Crippen LogP) is 1.32. The van der Waals surface area contributed by atoms with Crippen LogP contribution < -0.4 is 10.5 Å². The number of anilines is 1. The van der Waals surface area contributed by atoms with E-state index in [0.29, 0.717) is 18.9 Å². The van der Waals surface area contributed by atoms with Crippen LogP contribution in [0.3, 0.4) is 0 Å². The Bertz CT molecular complexity index is 679. The van der Waals surface area contributed by atoms with Gasteiger partial charge < -0.3 is 15.0 Å². The molecule has 1 aromatic carbocycles. The fraction of sp³-hybridized carbons (Fsp3) is 0.167. The summed E-state index contributed by atoms with van der Waals surface area (Å²) in [6, 6.07) is 9.49. The number of nitrogens with zero attached hydrogens (tertiary/aromatic N) is 4. The van der Waals surface area contributed by atoms with Gasteiger partial charge >= 0.3 is 0 Å². The van der Waals surface area contributed by atoms with Crippen molar-refractivity contribution in [1.82, 2.24) is 20.5 Å². The van der Waals surface area contributed by atoms with Crippen molar-refractivity contribution in [2.75, 3.05) is 12.3 Å². The highest BCUT2D eigenvalue weighted by Gasteiger charge is 2.16. The van der Waals surface area contributed by atoms with E-state index < -0.39 is 0 Å². The van der Waals surface area contributed by atoms with E-state index in [-0.39, 0.29) is 17.4 Å². The molecule has 8 heteroatoms. The minimum Gasteiger partial charge on any atom is -0.493 e. The summed E-state index contributed by atoms with van der Waals surface area (Å²) in [7, 11) is 0. The van der Waals surface area contributed by atoms with Crippen LogP contribution in [0.25, 0.3) is 11.6 Å². The first-order valence-electron chi connectivity index (χ1n) is 5.92. The molecule has 0 unspecified atom stereocenters. The molecule has 3 aromatic rings. The van der Waals surface area contributed by atoms with Gasteiger partial charge in [0, 0.05) is 6.42 Å². The topological polar surface area (TPSA) is 113 Å². The van der Waals surface area contributed by atoms with Crippen LogP contribution in [0.15, 0.2) is 39.5 Å². The van der Waals surface area contributed by atoms with Gasteiger partial charge in [0.2, 0.25) is 11.5 Å². The number of nitrogen functional groups attached to an aromatic ring is 1. The van der Waals surface area contributed by atoms with Crippen LogP contribution in [0.4, 0.5) is 5.82 Å². The quantitative estimate of drug-likeness (QED) is 0.740. The Hall–Kier alpha value is -2.90. The highest BCUT2D eigenvalue weighted by atomic mass is 16.6. The van der Waals surface area contributed by atoms with Crippen molar-refractivity contribution in [3.8, 4) is 17.3 Å². The average Bonchev–Trinajstić information content (AvgIpc) is 3.09. The molecule has 2 aromatic heterocycles. The zero-order valence-corrected chi connectivity index (χ0v) is 10.4. The Morgan fingerprint density at radius 3 is 2.70 bits per heavy atom. The second-order valence-electron chi connectivity index (χ2n) is 3.93. The standard InChI is InChI=1S/C12H11N5O3/c13-11-10(16-20-17-11)12-14-9(15-19-12)6-7-18-8-4-2-1-3-5-8/h1-5H,6-7H2,(H2,13,17). The lowest BCUT2D eigenvalue weighted by Gasteiger charge is -2.02. The van der Waals surface area contributed by atoms with Gasteiger partial charge in [-0.25, -0.2) is 4.63 Å². The van der Waals surface area contributed by atoms with Crippen LogP contribution in [-0.4, -0.2) is 27.1 Å². The van der Waals surface area contributed by atoms with E-state index >= 15 is 0 Å². The van der Waals surface area contributed by atoms with E-state index in [0.717, 1.165) is 5.75 Å². The summed E-state index contributed by atoms with van der Waals surface area (Å²) in [5.74, 6) is 1.58. The van der Waals surface area contributed by atoms with Crippen molar-refractivity contribution >= 4 is 5.82 Å². The van der Waals surface area contributed by atoms with E-state index in [1.165, 1.54) is 0 Å². The molecule has 0 spiro atoms. The third-order valence-electron chi connectivity index (χ3n) is 2.52. The van der Waals surface area contributed by atoms with Gasteiger partial charge in [0.05, 0.1) is 6.61 Å². The van der Waals surface area contributed by atoms with Crippen molar-refractivity contribution in [3.05, 3.63) is 36.2 Å². The monoisotopic (exact) mass is 273 g/mol. The summed E-state index contributed by atoms with van der Waals surface area (Å²) in [5, 5.41) is 10.8. The van der Waals surface area contributed by atoms with E-state index in [2.05, 4.69) is 25.1 Å². The first-order valence-corrected chi connectivity index (χ1v) is 5.92. The second-order valence-corrected chi connectivity index (χ2v) is 3.93. The van der Waals surface area contributed by atoms with Gasteiger partial charge in [0.15, 0.2) is 5.82 Å². The SMILES string of the molecule is Nc1nonc1-c1nc(CCOc2ccccc2)no1. The maximum atomic E-state index is 5.54.